The maximum atomic E-state index is 11.9. The number of rotatable bonds is 1. The number of likely N-dealkylation sites (tertiary alicyclic amines) is 1. The van der Waals surface area contributed by atoms with Crippen LogP contribution in [0.4, 0.5) is 0 Å². The minimum absolute atomic E-state index is 0.231. The average molecular weight is 248 g/mol. The van der Waals surface area contributed by atoms with Gasteiger partial charge in [0.05, 0.1) is 0 Å². The van der Waals surface area contributed by atoms with E-state index in [4.69, 9.17) is 0 Å². The van der Waals surface area contributed by atoms with Gasteiger partial charge in [0.15, 0.2) is 0 Å². The fraction of sp³-hybridized carbons (Fsp3) is 0.900. The molecular weight excluding hydrogens is 230 g/mol. The highest BCUT2D eigenvalue weighted by molar-refractivity contribution is 9.09. The van der Waals surface area contributed by atoms with Crippen molar-refractivity contribution < 1.29 is 4.79 Å². The topological polar surface area (TPSA) is 20.3 Å². The minimum Gasteiger partial charge on any atom is -0.338 e. The Hall–Kier alpha value is -0.0500. The number of hydrogen-bond acceptors (Lipinski definition) is 1. The van der Waals surface area contributed by atoms with Gasteiger partial charge in [-0.15, -0.1) is 0 Å². The summed E-state index contributed by atoms with van der Waals surface area (Å²) < 4.78 is 0. The van der Waals surface area contributed by atoms with Gasteiger partial charge < -0.3 is 4.90 Å². The molecule has 0 N–H and O–H groups in total. The largest absolute Gasteiger partial charge is 0.338 e. The molecule has 1 saturated heterocycles. The fourth-order valence-electron chi connectivity index (χ4n) is 1.69. The van der Waals surface area contributed by atoms with Gasteiger partial charge >= 0.3 is 0 Å². The number of carbonyl (C=O) groups is 1. The van der Waals surface area contributed by atoms with Gasteiger partial charge in [0.1, 0.15) is 0 Å². The molecule has 0 saturated carbocycles. The Morgan fingerprint density at radius 2 is 2.15 bits per heavy atom. The Morgan fingerprint density at radius 3 is 2.62 bits per heavy atom. The van der Waals surface area contributed by atoms with Crippen LogP contribution in [0.3, 0.4) is 0 Å². The molecule has 0 aromatic heterocycles. The van der Waals surface area contributed by atoms with Gasteiger partial charge in [0.2, 0.25) is 5.91 Å². The highest BCUT2D eigenvalue weighted by Crippen LogP contribution is 2.25. The van der Waals surface area contributed by atoms with E-state index in [1.807, 2.05) is 25.7 Å². The summed E-state index contributed by atoms with van der Waals surface area (Å²) in [6.45, 7) is 6.89. The third-order valence-corrected chi connectivity index (χ3v) is 3.21. The van der Waals surface area contributed by atoms with Crippen LogP contribution in [0.5, 0.6) is 0 Å². The quantitative estimate of drug-likeness (QED) is 0.652. The molecular formula is C10H18BrNO. The van der Waals surface area contributed by atoms with Crippen molar-refractivity contribution in [3.63, 3.8) is 0 Å². The molecule has 0 aromatic rings. The minimum atomic E-state index is -0.231. The molecule has 0 aromatic carbocycles. The third-order valence-electron chi connectivity index (χ3n) is 2.46. The lowest BCUT2D eigenvalue weighted by molar-refractivity contribution is -0.139. The van der Waals surface area contributed by atoms with Crippen molar-refractivity contribution in [3.05, 3.63) is 0 Å². The lowest BCUT2D eigenvalue weighted by atomic mass is 9.94. The molecule has 1 rings (SSSR count). The van der Waals surface area contributed by atoms with Gasteiger partial charge in [-0.05, 0) is 12.8 Å². The van der Waals surface area contributed by atoms with Crippen LogP contribution in [0.2, 0.25) is 0 Å². The summed E-state index contributed by atoms with van der Waals surface area (Å²) in [5.41, 5.74) is -0.231. The van der Waals surface area contributed by atoms with Gasteiger partial charge in [-0.2, -0.15) is 0 Å². The molecule has 0 unspecified atom stereocenters. The maximum Gasteiger partial charge on any atom is 0.228 e. The Labute approximate surface area is 88.8 Å². The van der Waals surface area contributed by atoms with Crippen molar-refractivity contribution in [2.45, 2.75) is 39.7 Å². The molecule has 1 amide bonds. The Bertz CT molecular complexity index is 198. The van der Waals surface area contributed by atoms with Crippen molar-refractivity contribution in [1.82, 2.24) is 4.90 Å². The van der Waals surface area contributed by atoms with E-state index in [0.29, 0.717) is 6.04 Å². The molecule has 0 radical (unpaired) electrons. The van der Waals surface area contributed by atoms with Gasteiger partial charge in [0, 0.05) is 23.3 Å². The Balaban J connectivity index is 2.66. The zero-order valence-electron chi connectivity index (χ0n) is 8.64. The molecule has 13 heavy (non-hydrogen) atoms. The molecule has 1 aliphatic heterocycles. The summed E-state index contributed by atoms with van der Waals surface area (Å²) in [5.74, 6) is 0.287. The van der Waals surface area contributed by atoms with Crippen LogP contribution < -0.4 is 0 Å². The van der Waals surface area contributed by atoms with Crippen molar-refractivity contribution in [1.29, 1.82) is 0 Å². The van der Waals surface area contributed by atoms with E-state index in [2.05, 4.69) is 15.9 Å². The number of amides is 1. The summed E-state index contributed by atoms with van der Waals surface area (Å²) in [6, 6.07) is 0.423. The van der Waals surface area contributed by atoms with Gasteiger partial charge in [-0.1, -0.05) is 36.7 Å². The fourth-order valence-corrected chi connectivity index (χ4v) is 2.37. The second-order valence-corrected chi connectivity index (χ2v) is 5.35. The highest BCUT2D eigenvalue weighted by atomic mass is 79.9. The monoisotopic (exact) mass is 247 g/mol. The van der Waals surface area contributed by atoms with E-state index in [0.717, 1.165) is 24.7 Å². The van der Waals surface area contributed by atoms with Gasteiger partial charge in [0.25, 0.3) is 0 Å². The molecule has 1 heterocycles. The standard InChI is InChI=1S/C10H18BrNO/c1-10(2,3)9(13)12-6-4-5-8(12)7-11/h8H,4-7H2,1-3H3/t8-/m0/s1. The van der Waals surface area contributed by atoms with Crippen molar-refractivity contribution >= 4 is 21.8 Å². The molecule has 0 spiro atoms. The van der Waals surface area contributed by atoms with Crippen LogP contribution in [-0.2, 0) is 4.79 Å². The number of carbonyl (C=O) groups excluding carboxylic acids is 1. The summed E-state index contributed by atoms with van der Waals surface area (Å²) in [5, 5.41) is 0.912. The molecule has 3 heteroatoms. The van der Waals surface area contributed by atoms with Crippen LogP contribution in [0.1, 0.15) is 33.6 Å². The average Bonchev–Trinajstić information content (AvgIpc) is 2.48. The lowest BCUT2D eigenvalue weighted by Crippen LogP contribution is -2.43. The predicted molar refractivity (Wildman–Crippen MR) is 58.0 cm³/mol. The zero-order valence-corrected chi connectivity index (χ0v) is 10.2. The van der Waals surface area contributed by atoms with Crippen LogP contribution in [-0.4, -0.2) is 28.7 Å². The number of halogens is 1. The first-order valence-electron chi connectivity index (χ1n) is 4.84. The summed E-state index contributed by atoms with van der Waals surface area (Å²) in [6.07, 6.45) is 2.30. The number of hydrogen-bond donors (Lipinski definition) is 0. The molecule has 0 bridgehead atoms. The molecule has 2 nitrogen and oxygen atoms in total. The van der Waals surface area contributed by atoms with Gasteiger partial charge in [-0.3, -0.25) is 4.79 Å². The second kappa shape index (κ2) is 3.99. The van der Waals surface area contributed by atoms with E-state index in [-0.39, 0.29) is 11.3 Å². The summed E-state index contributed by atoms with van der Waals surface area (Å²) >= 11 is 3.46. The van der Waals surface area contributed by atoms with Crippen LogP contribution >= 0.6 is 15.9 Å². The molecule has 1 fully saturated rings. The van der Waals surface area contributed by atoms with E-state index in [9.17, 15) is 4.79 Å². The number of nitrogens with zero attached hydrogens (tertiary/aromatic N) is 1. The second-order valence-electron chi connectivity index (χ2n) is 4.70. The third kappa shape index (κ3) is 2.46. The normalized spacial score (nSPS) is 23.7. The van der Waals surface area contributed by atoms with E-state index >= 15 is 0 Å². The van der Waals surface area contributed by atoms with Crippen LogP contribution in [0.15, 0.2) is 0 Å². The number of alkyl halides is 1. The first-order valence-corrected chi connectivity index (χ1v) is 5.96. The SMILES string of the molecule is CC(C)(C)C(=O)N1CCC[C@H]1CBr. The summed E-state index contributed by atoms with van der Waals surface area (Å²) in [7, 11) is 0. The van der Waals surface area contributed by atoms with E-state index in [1.165, 1.54) is 0 Å². The highest BCUT2D eigenvalue weighted by Gasteiger charge is 2.34. The lowest BCUT2D eigenvalue weighted by Gasteiger charge is -2.30. The predicted octanol–water partition coefficient (Wildman–Crippen LogP) is 2.42. The van der Waals surface area contributed by atoms with Crippen molar-refractivity contribution in [3.8, 4) is 0 Å². The Kier molecular flexibility index (Phi) is 3.38. The van der Waals surface area contributed by atoms with Crippen molar-refractivity contribution in [2.75, 3.05) is 11.9 Å². The zero-order chi connectivity index (χ0) is 10.1. The molecule has 0 aliphatic carbocycles. The van der Waals surface area contributed by atoms with Gasteiger partial charge in [-0.25, -0.2) is 0 Å². The van der Waals surface area contributed by atoms with Crippen LogP contribution in [0, 0.1) is 5.41 Å². The maximum absolute atomic E-state index is 11.9. The first kappa shape index (κ1) is 11.0. The molecule has 76 valence electrons. The smallest absolute Gasteiger partial charge is 0.228 e. The van der Waals surface area contributed by atoms with E-state index < -0.39 is 0 Å². The van der Waals surface area contributed by atoms with E-state index in [1.54, 1.807) is 0 Å². The molecule has 1 atom stereocenters. The first-order chi connectivity index (χ1) is 5.96. The summed E-state index contributed by atoms with van der Waals surface area (Å²) in [4.78, 5) is 14.0. The van der Waals surface area contributed by atoms with Crippen molar-refractivity contribution in [2.24, 2.45) is 5.41 Å². The Morgan fingerprint density at radius 1 is 1.54 bits per heavy atom. The van der Waals surface area contributed by atoms with Crippen LogP contribution in [0.25, 0.3) is 0 Å². The molecule has 1 aliphatic rings.